The summed E-state index contributed by atoms with van der Waals surface area (Å²) in [6.45, 7) is 0.318. The highest BCUT2D eigenvalue weighted by molar-refractivity contribution is 5.52. The van der Waals surface area contributed by atoms with Crippen molar-refractivity contribution >= 4 is 11.4 Å². The van der Waals surface area contributed by atoms with E-state index in [1.54, 1.807) is 12.3 Å². The highest BCUT2D eigenvalue weighted by Crippen LogP contribution is 2.21. The smallest absolute Gasteiger partial charge is 0.271 e. The molecule has 1 aromatic heterocycles. The molecule has 88 valence electrons. The number of non-ortho nitro benzene ring substituents is 1. The van der Waals surface area contributed by atoms with Crippen molar-refractivity contribution in [3.63, 3.8) is 0 Å². The molecule has 0 saturated carbocycles. The monoisotopic (exact) mass is 236 g/mol. The van der Waals surface area contributed by atoms with Crippen LogP contribution in [0.1, 0.15) is 5.69 Å². The van der Waals surface area contributed by atoms with Crippen molar-refractivity contribution in [2.45, 2.75) is 6.54 Å². The number of nitrogens with zero attached hydrogens (tertiary/aromatic N) is 2. The zero-order valence-corrected chi connectivity index (χ0v) is 8.68. The second kappa shape index (κ2) is 4.60. The zero-order valence-electron chi connectivity index (χ0n) is 8.68. The van der Waals surface area contributed by atoms with Crippen LogP contribution in [0.2, 0.25) is 0 Å². The van der Waals surface area contributed by atoms with Crippen LogP contribution >= 0.6 is 0 Å². The topological polar surface area (TPSA) is 83.8 Å². The van der Waals surface area contributed by atoms with E-state index in [0.29, 0.717) is 6.54 Å². The Morgan fingerprint density at radius 3 is 2.94 bits per heavy atom. The summed E-state index contributed by atoms with van der Waals surface area (Å²) in [7, 11) is 0. The lowest BCUT2D eigenvalue weighted by Gasteiger charge is -2.05. The predicted octanol–water partition coefficient (Wildman–Crippen LogP) is 2.07. The number of nitro benzene ring substituents is 1. The minimum absolute atomic E-state index is 0.0915. The second-order valence-electron chi connectivity index (χ2n) is 3.36. The van der Waals surface area contributed by atoms with Crippen LogP contribution in [0.15, 0.2) is 30.5 Å². The molecule has 17 heavy (non-hydrogen) atoms. The van der Waals surface area contributed by atoms with Gasteiger partial charge in [-0.25, -0.2) is 4.39 Å². The zero-order chi connectivity index (χ0) is 12.3. The van der Waals surface area contributed by atoms with Gasteiger partial charge in [-0.1, -0.05) is 0 Å². The van der Waals surface area contributed by atoms with Crippen molar-refractivity contribution in [3.05, 3.63) is 52.1 Å². The fraction of sp³-hybridized carbons (Fsp3) is 0.100. The van der Waals surface area contributed by atoms with E-state index in [1.165, 1.54) is 0 Å². The maximum atomic E-state index is 13.4. The third-order valence-electron chi connectivity index (χ3n) is 2.19. The van der Waals surface area contributed by atoms with Crippen molar-refractivity contribution in [2.75, 3.05) is 5.32 Å². The van der Waals surface area contributed by atoms with Gasteiger partial charge in [0.2, 0.25) is 0 Å². The average Bonchev–Trinajstić information content (AvgIpc) is 2.80. The Morgan fingerprint density at radius 1 is 1.47 bits per heavy atom. The lowest BCUT2D eigenvalue weighted by atomic mass is 10.2. The number of H-pyrrole nitrogens is 1. The standard InChI is InChI=1S/C10H9FN4O2/c11-9-2-1-8(15(16)17)5-10(9)12-6-7-3-4-13-14-7/h1-5,12H,6H2,(H,13,14). The average molecular weight is 236 g/mol. The van der Waals surface area contributed by atoms with Crippen LogP contribution in [0.25, 0.3) is 0 Å². The summed E-state index contributed by atoms with van der Waals surface area (Å²) in [5.41, 5.74) is 0.697. The predicted molar refractivity (Wildman–Crippen MR) is 59.0 cm³/mol. The summed E-state index contributed by atoms with van der Waals surface area (Å²) in [6, 6.07) is 5.07. The summed E-state index contributed by atoms with van der Waals surface area (Å²) in [6.07, 6.45) is 1.57. The van der Waals surface area contributed by atoms with Gasteiger partial charge in [0.25, 0.3) is 5.69 Å². The van der Waals surface area contributed by atoms with E-state index < -0.39 is 10.7 Å². The molecular formula is C10H9FN4O2. The van der Waals surface area contributed by atoms with Crippen molar-refractivity contribution in [1.29, 1.82) is 0 Å². The number of halogens is 1. The Labute approximate surface area is 95.6 Å². The van der Waals surface area contributed by atoms with E-state index in [0.717, 1.165) is 23.9 Å². The SMILES string of the molecule is O=[N+]([O-])c1ccc(F)c(NCc2ccn[nH]2)c1. The van der Waals surface area contributed by atoms with Crippen molar-refractivity contribution in [3.8, 4) is 0 Å². The molecule has 0 atom stereocenters. The molecule has 0 bridgehead atoms. The Balaban J connectivity index is 2.14. The number of anilines is 1. The van der Waals surface area contributed by atoms with E-state index >= 15 is 0 Å². The van der Waals surface area contributed by atoms with Crippen LogP contribution < -0.4 is 5.32 Å². The van der Waals surface area contributed by atoms with Crippen LogP contribution in [0, 0.1) is 15.9 Å². The van der Waals surface area contributed by atoms with Crippen LogP contribution in [-0.4, -0.2) is 15.1 Å². The Morgan fingerprint density at radius 2 is 2.29 bits per heavy atom. The summed E-state index contributed by atoms with van der Waals surface area (Å²) < 4.78 is 13.4. The van der Waals surface area contributed by atoms with Crippen LogP contribution in [-0.2, 0) is 6.54 Å². The molecule has 0 aliphatic rings. The lowest BCUT2D eigenvalue weighted by molar-refractivity contribution is -0.384. The number of nitrogens with one attached hydrogen (secondary N) is 2. The molecule has 0 aliphatic carbocycles. The third-order valence-corrected chi connectivity index (χ3v) is 2.19. The molecule has 0 saturated heterocycles. The van der Waals surface area contributed by atoms with Crippen molar-refractivity contribution in [1.82, 2.24) is 10.2 Å². The number of benzene rings is 1. The van der Waals surface area contributed by atoms with Crippen LogP contribution in [0.3, 0.4) is 0 Å². The number of nitro groups is 1. The van der Waals surface area contributed by atoms with Gasteiger partial charge in [-0.05, 0) is 12.1 Å². The summed E-state index contributed by atoms with van der Waals surface area (Å²) in [5, 5.41) is 19.7. The van der Waals surface area contributed by atoms with Gasteiger partial charge in [0.1, 0.15) is 5.82 Å². The molecule has 0 amide bonds. The fourth-order valence-corrected chi connectivity index (χ4v) is 1.34. The number of rotatable bonds is 4. The first-order valence-corrected chi connectivity index (χ1v) is 4.83. The van der Waals surface area contributed by atoms with Gasteiger partial charge in [-0.2, -0.15) is 5.10 Å². The molecule has 0 fully saturated rings. The molecule has 0 spiro atoms. The van der Waals surface area contributed by atoms with E-state index in [4.69, 9.17) is 0 Å². The number of hydrogen-bond donors (Lipinski definition) is 2. The molecule has 2 rings (SSSR count). The molecule has 0 unspecified atom stereocenters. The van der Waals surface area contributed by atoms with Crippen LogP contribution in [0.5, 0.6) is 0 Å². The van der Waals surface area contributed by atoms with E-state index in [-0.39, 0.29) is 11.4 Å². The van der Waals surface area contributed by atoms with Gasteiger partial charge in [-0.3, -0.25) is 15.2 Å². The summed E-state index contributed by atoms with van der Waals surface area (Å²) >= 11 is 0. The highest BCUT2D eigenvalue weighted by atomic mass is 19.1. The van der Waals surface area contributed by atoms with Gasteiger partial charge >= 0.3 is 0 Å². The number of aromatic nitrogens is 2. The van der Waals surface area contributed by atoms with E-state index in [9.17, 15) is 14.5 Å². The number of aromatic amines is 1. The summed E-state index contributed by atoms with van der Waals surface area (Å²) in [4.78, 5) is 9.97. The lowest BCUT2D eigenvalue weighted by Crippen LogP contribution is -2.02. The van der Waals surface area contributed by atoms with Crippen LogP contribution in [0.4, 0.5) is 15.8 Å². The first-order chi connectivity index (χ1) is 8.16. The van der Waals surface area contributed by atoms with E-state index in [2.05, 4.69) is 15.5 Å². The van der Waals surface area contributed by atoms with Gasteiger partial charge in [0, 0.05) is 18.3 Å². The Bertz CT molecular complexity index is 527. The molecule has 0 radical (unpaired) electrons. The molecule has 2 aromatic rings. The minimum atomic E-state index is -0.569. The summed E-state index contributed by atoms with van der Waals surface area (Å²) in [5.74, 6) is -0.532. The quantitative estimate of drug-likeness (QED) is 0.628. The van der Waals surface area contributed by atoms with Gasteiger partial charge < -0.3 is 5.32 Å². The molecule has 2 N–H and O–H groups in total. The third kappa shape index (κ3) is 2.57. The molecule has 1 heterocycles. The molecule has 7 heteroatoms. The van der Waals surface area contributed by atoms with Gasteiger partial charge in [0.05, 0.1) is 22.8 Å². The van der Waals surface area contributed by atoms with E-state index in [1.807, 2.05) is 0 Å². The largest absolute Gasteiger partial charge is 0.377 e. The van der Waals surface area contributed by atoms with Crippen molar-refractivity contribution < 1.29 is 9.31 Å². The Hall–Kier alpha value is -2.44. The first kappa shape index (κ1) is 11.1. The maximum Gasteiger partial charge on any atom is 0.271 e. The van der Waals surface area contributed by atoms with Crippen molar-refractivity contribution in [2.24, 2.45) is 0 Å². The second-order valence-corrected chi connectivity index (χ2v) is 3.36. The fourth-order valence-electron chi connectivity index (χ4n) is 1.34. The van der Waals surface area contributed by atoms with Gasteiger partial charge in [-0.15, -0.1) is 0 Å². The number of hydrogen-bond acceptors (Lipinski definition) is 4. The molecule has 6 nitrogen and oxygen atoms in total. The maximum absolute atomic E-state index is 13.4. The molecule has 1 aromatic carbocycles. The molecular weight excluding hydrogens is 227 g/mol. The van der Waals surface area contributed by atoms with Gasteiger partial charge in [0.15, 0.2) is 0 Å². The Kier molecular flexibility index (Phi) is 2.99. The first-order valence-electron chi connectivity index (χ1n) is 4.83. The molecule has 0 aliphatic heterocycles. The minimum Gasteiger partial charge on any atom is -0.377 e. The normalized spacial score (nSPS) is 10.2. The highest BCUT2D eigenvalue weighted by Gasteiger charge is 2.10.